The quantitative estimate of drug-likeness (QED) is 0.341. The number of aliphatic hydroxyl groups is 2. The fourth-order valence-electron chi connectivity index (χ4n) is 2.48. The zero-order valence-corrected chi connectivity index (χ0v) is 15.0. The van der Waals surface area contributed by atoms with Gasteiger partial charge in [0.2, 0.25) is 5.95 Å². The van der Waals surface area contributed by atoms with E-state index in [0.717, 1.165) is 5.56 Å². The zero-order valence-electron chi connectivity index (χ0n) is 14.3. The topological polar surface area (TPSA) is 138 Å². The molecule has 142 valence electrons. The SMILES string of the molecule is Cn1c(=O)[nH]c(=O)c2c1nc(N/N=C/c1ccc(Cl)cc1)n2CC(O)CO. The Balaban J connectivity index is 2.02. The summed E-state index contributed by atoms with van der Waals surface area (Å²) in [6.45, 7) is -0.621. The molecule has 0 aliphatic carbocycles. The van der Waals surface area contributed by atoms with Crippen molar-refractivity contribution in [3.63, 3.8) is 0 Å². The van der Waals surface area contributed by atoms with Gasteiger partial charge in [-0.15, -0.1) is 0 Å². The van der Waals surface area contributed by atoms with E-state index < -0.39 is 24.0 Å². The van der Waals surface area contributed by atoms with Crippen LogP contribution in [-0.2, 0) is 13.6 Å². The number of hydrazone groups is 1. The predicted octanol–water partition coefficient (Wildman–Crippen LogP) is -0.124. The van der Waals surface area contributed by atoms with Crippen LogP contribution in [0.25, 0.3) is 11.2 Å². The van der Waals surface area contributed by atoms with Crippen LogP contribution in [0.4, 0.5) is 5.95 Å². The van der Waals surface area contributed by atoms with E-state index in [4.69, 9.17) is 16.7 Å². The normalized spacial score (nSPS) is 12.7. The maximum Gasteiger partial charge on any atom is 0.329 e. The average Bonchev–Trinajstić information content (AvgIpc) is 3.00. The fourth-order valence-corrected chi connectivity index (χ4v) is 2.61. The van der Waals surface area contributed by atoms with Crippen molar-refractivity contribution in [1.29, 1.82) is 0 Å². The molecule has 0 saturated carbocycles. The zero-order chi connectivity index (χ0) is 19.6. The standard InChI is InChI=1S/C16H17ClN6O4/c1-22-13-12(14(26)20-16(22)27)23(7-11(25)8-24)15(19-13)21-18-6-9-2-4-10(17)5-3-9/h2-6,11,24-25H,7-8H2,1H3,(H,19,21)(H,20,26,27)/b18-6+. The monoisotopic (exact) mass is 392 g/mol. The minimum absolute atomic E-state index is 0.0776. The van der Waals surface area contributed by atoms with Gasteiger partial charge in [0.15, 0.2) is 11.2 Å². The smallest absolute Gasteiger partial charge is 0.329 e. The Morgan fingerprint density at radius 2 is 2.07 bits per heavy atom. The average molecular weight is 393 g/mol. The number of hydrogen-bond donors (Lipinski definition) is 4. The third kappa shape index (κ3) is 3.92. The molecule has 0 radical (unpaired) electrons. The Morgan fingerprint density at radius 3 is 2.74 bits per heavy atom. The Bertz CT molecular complexity index is 1100. The summed E-state index contributed by atoms with van der Waals surface area (Å²) in [5.41, 5.74) is 2.40. The van der Waals surface area contributed by atoms with Gasteiger partial charge in [-0.2, -0.15) is 10.1 Å². The van der Waals surface area contributed by atoms with Gasteiger partial charge in [-0.1, -0.05) is 23.7 Å². The molecule has 3 aromatic rings. The number of fused-ring (bicyclic) bond motifs is 1. The molecule has 1 atom stereocenters. The molecule has 27 heavy (non-hydrogen) atoms. The molecule has 3 rings (SSSR count). The van der Waals surface area contributed by atoms with Crippen molar-refractivity contribution in [2.75, 3.05) is 12.0 Å². The molecule has 2 aromatic heterocycles. The summed E-state index contributed by atoms with van der Waals surface area (Å²) in [6.07, 6.45) is 0.394. The van der Waals surface area contributed by atoms with Crippen LogP contribution >= 0.6 is 11.6 Å². The first kappa shape index (κ1) is 18.8. The summed E-state index contributed by atoms with van der Waals surface area (Å²) in [7, 11) is 1.46. The van der Waals surface area contributed by atoms with Gasteiger partial charge in [0.05, 0.1) is 25.5 Å². The van der Waals surface area contributed by atoms with E-state index in [1.807, 2.05) is 0 Å². The number of aryl methyl sites for hydroxylation is 1. The summed E-state index contributed by atoms with van der Waals surface area (Å²) in [5.74, 6) is 0.134. The summed E-state index contributed by atoms with van der Waals surface area (Å²) < 4.78 is 2.53. The van der Waals surface area contributed by atoms with Crippen LogP contribution in [0, 0.1) is 0 Å². The van der Waals surface area contributed by atoms with Gasteiger partial charge < -0.3 is 14.8 Å². The van der Waals surface area contributed by atoms with Crippen molar-refractivity contribution in [1.82, 2.24) is 19.1 Å². The molecule has 0 aliphatic rings. The van der Waals surface area contributed by atoms with Crippen LogP contribution in [0.2, 0.25) is 5.02 Å². The first-order valence-electron chi connectivity index (χ1n) is 7.94. The van der Waals surface area contributed by atoms with Crippen LogP contribution in [-0.4, -0.2) is 48.2 Å². The highest BCUT2D eigenvalue weighted by Crippen LogP contribution is 2.16. The number of halogens is 1. The first-order valence-corrected chi connectivity index (χ1v) is 8.31. The number of nitrogens with zero attached hydrogens (tertiary/aromatic N) is 4. The number of aromatic nitrogens is 4. The number of aromatic amines is 1. The third-order valence-electron chi connectivity index (χ3n) is 3.86. The van der Waals surface area contributed by atoms with Crippen LogP contribution in [0.5, 0.6) is 0 Å². The van der Waals surface area contributed by atoms with Crippen molar-refractivity contribution < 1.29 is 10.2 Å². The second-order valence-corrected chi connectivity index (χ2v) is 6.23. The first-order chi connectivity index (χ1) is 12.9. The van der Waals surface area contributed by atoms with Gasteiger partial charge in [0, 0.05) is 12.1 Å². The summed E-state index contributed by atoms with van der Waals surface area (Å²) >= 11 is 5.83. The Morgan fingerprint density at radius 1 is 1.37 bits per heavy atom. The molecule has 1 aromatic carbocycles. The highest BCUT2D eigenvalue weighted by atomic mass is 35.5. The van der Waals surface area contributed by atoms with Crippen LogP contribution in [0.3, 0.4) is 0 Å². The van der Waals surface area contributed by atoms with E-state index in [0.29, 0.717) is 5.02 Å². The Labute approximate surface area is 157 Å². The van der Waals surface area contributed by atoms with E-state index in [1.54, 1.807) is 24.3 Å². The number of rotatable bonds is 6. The lowest BCUT2D eigenvalue weighted by molar-refractivity contribution is 0.0825. The highest BCUT2D eigenvalue weighted by molar-refractivity contribution is 6.30. The third-order valence-corrected chi connectivity index (χ3v) is 4.11. The van der Waals surface area contributed by atoms with Gasteiger partial charge >= 0.3 is 5.69 Å². The number of anilines is 1. The van der Waals surface area contributed by atoms with E-state index in [-0.39, 0.29) is 23.7 Å². The second-order valence-electron chi connectivity index (χ2n) is 5.79. The van der Waals surface area contributed by atoms with Crippen LogP contribution in [0.15, 0.2) is 39.0 Å². The van der Waals surface area contributed by atoms with E-state index in [9.17, 15) is 14.7 Å². The molecular weight excluding hydrogens is 376 g/mol. The summed E-state index contributed by atoms with van der Waals surface area (Å²) in [4.78, 5) is 30.4. The van der Waals surface area contributed by atoms with Gasteiger partial charge in [0.1, 0.15) is 0 Å². The van der Waals surface area contributed by atoms with E-state index >= 15 is 0 Å². The van der Waals surface area contributed by atoms with Crippen LogP contribution in [0.1, 0.15) is 5.56 Å². The summed E-state index contributed by atoms with van der Waals surface area (Å²) in [5, 5.41) is 23.6. The number of imidazole rings is 1. The molecule has 2 heterocycles. The molecular formula is C16H17ClN6O4. The van der Waals surface area contributed by atoms with Crippen molar-refractivity contribution >= 4 is 34.9 Å². The number of aliphatic hydroxyl groups excluding tert-OH is 2. The molecule has 1 unspecified atom stereocenters. The van der Waals surface area contributed by atoms with Crippen LogP contribution < -0.4 is 16.7 Å². The van der Waals surface area contributed by atoms with Gasteiger partial charge in [-0.25, -0.2) is 10.2 Å². The van der Waals surface area contributed by atoms with E-state index in [1.165, 1.54) is 22.4 Å². The minimum Gasteiger partial charge on any atom is -0.394 e. The predicted molar refractivity (Wildman–Crippen MR) is 101 cm³/mol. The molecule has 0 aliphatic heterocycles. The lowest BCUT2D eigenvalue weighted by Crippen LogP contribution is -2.30. The molecule has 0 saturated heterocycles. The maximum atomic E-state index is 12.2. The lowest BCUT2D eigenvalue weighted by atomic mass is 10.2. The number of H-pyrrole nitrogens is 1. The highest BCUT2D eigenvalue weighted by Gasteiger charge is 2.19. The minimum atomic E-state index is -1.13. The molecule has 11 heteroatoms. The Hall–Kier alpha value is -2.95. The van der Waals surface area contributed by atoms with Gasteiger partial charge in [0.25, 0.3) is 5.56 Å². The molecule has 0 fully saturated rings. The molecule has 0 spiro atoms. The molecule has 4 N–H and O–H groups in total. The number of nitrogens with one attached hydrogen (secondary N) is 2. The molecule has 0 bridgehead atoms. The lowest BCUT2D eigenvalue weighted by Gasteiger charge is -2.11. The Kier molecular flexibility index (Phi) is 5.40. The van der Waals surface area contributed by atoms with Gasteiger partial charge in [-0.3, -0.25) is 14.3 Å². The van der Waals surface area contributed by atoms with Gasteiger partial charge in [-0.05, 0) is 17.7 Å². The maximum absolute atomic E-state index is 12.2. The molecule has 0 amide bonds. The van der Waals surface area contributed by atoms with Crippen molar-refractivity contribution in [2.24, 2.45) is 12.1 Å². The largest absolute Gasteiger partial charge is 0.394 e. The molecule has 10 nitrogen and oxygen atoms in total. The summed E-state index contributed by atoms with van der Waals surface area (Å²) in [6, 6.07) is 6.96. The van der Waals surface area contributed by atoms with Crippen molar-refractivity contribution in [3.05, 3.63) is 55.7 Å². The van der Waals surface area contributed by atoms with E-state index in [2.05, 4.69) is 20.5 Å². The second kappa shape index (κ2) is 7.74. The fraction of sp³-hybridized carbons (Fsp3) is 0.250. The van der Waals surface area contributed by atoms with Crippen molar-refractivity contribution in [3.8, 4) is 0 Å². The van der Waals surface area contributed by atoms with Crippen molar-refractivity contribution in [2.45, 2.75) is 12.6 Å². The number of benzene rings is 1. The number of hydrogen-bond acceptors (Lipinski definition) is 7.